The van der Waals surface area contributed by atoms with Gasteiger partial charge in [-0.25, -0.2) is 9.07 Å². The largest absolute Gasteiger partial charge is 0.508 e. The monoisotopic (exact) mass is 631 g/mol. The summed E-state index contributed by atoms with van der Waals surface area (Å²) < 4.78 is 34.1. The van der Waals surface area contributed by atoms with Crippen LogP contribution in [0.4, 0.5) is 10.1 Å². The number of phenolic OH excluding ortho intramolecular Hbond substituents is 1. The molecule has 3 aromatic carbocycles. The van der Waals surface area contributed by atoms with Gasteiger partial charge in [0.25, 0.3) is 5.91 Å². The van der Waals surface area contributed by atoms with Crippen LogP contribution >= 0.6 is 0 Å². The molecule has 0 aliphatic carbocycles. The summed E-state index contributed by atoms with van der Waals surface area (Å²) in [6.45, 7) is 0.813. The number of nitrogens with zero attached hydrogens (tertiary/aromatic N) is 5. The highest BCUT2D eigenvalue weighted by Crippen LogP contribution is 2.40. The van der Waals surface area contributed by atoms with Gasteiger partial charge in [-0.3, -0.25) is 4.79 Å². The number of amides is 1. The number of phenols is 1. The van der Waals surface area contributed by atoms with Gasteiger partial charge in [0.05, 0.1) is 25.5 Å². The van der Waals surface area contributed by atoms with Crippen molar-refractivity contribution in [2.75, 3.05) is 37.7 Å². The first-order valence-electron chi connectivity index (χ1n) is 15.2. The molecule has 1 aromatic heterocycles. The van der Waals surface area contributed by atoms with Crippen molar-refractivity contribution in [1.82, 2.24) is 19.9 Å². The van der Waals surface area contributed by atoms with Gasteiger partial charge in [-0.1, -0.05) is 47.7 Å². The first kappa shape index (κ1) is 30.3. The molecule has 3 fully saturated rings. The number of aliphatic hydroxyl groups is 2. The fourth-order valence-corrected chi connectivity index (χ4v) is 6.48. The number of aromatic hydroxyl groups is 1. The molecule has 3 saturated heterocycles. The highest BCUT2D eigenvalue weighted by atomic mass is 19.1. The lowest BCUT2D eigenvalue weighted by atomic mass is 9.90. The number of carbonyl (C=O) groups excluding carboxylic acids is 1. The van der Waals surface area contributed by atoms with Crippen molar-refractivity contribution in [1.29, 1.82) is 0 Å². The molecule has 46 heavy (non-hydrogen) atoms. The lowest BCUT2D eigenvalue weighted by molar-refractivity contribution is -0.313. The second kappa shape index (κ2) is 12.8. The summed E-state index contributed by atoms with van der Waals surface area (Å²) >= 11 is 0. The third-order valence-electron chi connectivity index (χ3n) is 8.81. The Morgan fingerprint density at radius 3 is 2.57 bits per heavy atom. The molecule has 0 radical (unpaired) electrons. The predicted molar refractivity (Wildman–Crippen MR) is 162 cm³/mol. The Hall–Kier alpha value is -4.40. The van der Waals surface area contributed by atoms with Crippen LogP contribution in [0, 0.1) is 5.82 Å². The molecule has 240 valence electrons. The Balaban J connectivity index is 1.16. The summed E-state index contributed by atoms with van der Waals surface area (Å²) in [6, 6.07) is 20.7. The molecule has 1 amide bonds. The summed E-state index contributed by atoms with van der Waals surface area (Å²) in [5.41, 5.74) is 2.49. The fraction of sp³-hybridized carbons (Fsp3) is 0.364. The van der Waals surface area contributed by atoms with Crippen molar-refractivity contribution in [3.8, 4) is 17.0 Å². The number of hydrogen-bond acceptors (Lipinski definition) is 10. The smallest absolute Gasteiger partial charge is 0.254 e. The maximum atomic E-state index is 14.1. The van der Waals surface area contributed by atoms with E-state index in [9.17, 15) is 24.5 Å². The van der Waals surface area contributed by atoms with Crippen LogP contribution in [0.25, 0.3) is 11.3 Å². The molecule has 7 rings (SSSR count). The molecular weight excluding hydrogens is 597 g/mol. The zero-order valence-corrected chi connectivity index (χ0v) is 24.7. The second-order valence-corrected chi connectivity index (χ2v) is 11.7. The van der Waals surface area contributed by atoms with E-state index in [1.54, 1.807) is 47.5 Å². The minimum atomic E-state index is -1.40. The van der Waals surface area contributed by atoms with Crippen LogP contribution in [-0.2, 0) is 19.0 Å². The van der Waals surface area contributed by atoms with Crippen molar-refractivity contribution < 1.29 is 38.7 Å². The van der Waals surface area contributed by atoms with Gasteiger partial charge >= 0.3 is 0 Å². The number of halogens is 1. The van der Waals surface area contributed by atoms with Gasteiger partial charge in [0.15, 0.2) is 12.4 Å². The Labute approximate surface area is 264 Å². The molecule has 7 atom stereocenters. The van der Waals surface area contributed by atoms with Crippen LogP contribution in [0.1, 0.15) is 17.9 Å². The molecule has 3 aliphatic rings. The van der Waals surface area contributed by atoms with Gasteiger partial charge in [-0.15, -0.1) is 5.10 Å². The number of benzene rings is 3. The molecule has 2 unspecified atom stereocenters. The van der Waals surface area contributed by atoms with Gasteiger partial charge < -0.3 is 39.3 Å². The quantitative estimate of drug-likeness (QED) is 0.290. The number of ether oxygens (including phenoxy) is 3. The molecule has 0 spiro atoms. The van der Waals surface area contributed by atoms with Crippen molar-refractivity contribution in [2.45, 2.75) is 42.8 Å². The second-order valence-electron chi connectivity index (χ2n) is 11.7. The van der Waals surface area contributed by atoms with Crippen molar-refractivity contribution in [3.63, 3.8) is 0 Å². The van der Waals surface area contributed by atoms with Gasteiger partial charge in [0.1, 0.15) is 41.6 Å². The molecule has 13 heteroatoms. The Morgan fingerprint density at radius 2 is 1.80 bits per heavy atom. The molecule has 4 aromatic rings. The summed E-state index contributed by atoms with van der Waals surface area (Å²) in [6.07, 6.45) is -3.31. The normalized spacial score (nSPS) is 28.1. The van der Waals surface area contributed by atoms with E-state index in [-0.39, 0.29) is 25.5 Å². The van der Waals surface area contributed by atoms with Crippen LogP contribution in [0.2, 0.25) is 0 Å². The summed E-state index contributed by atoms with van der Waals surface area (Å²) in [5, 5.41) is 40.3. The van der Waals surface area contributed by atoms with Crippen LogP contribution in [0.15, 0.2) is 85.1 Å². The zero-order chi connectivity index (χ0) is 31.8. The van der Waals surface area contributed by atoms with Crippen molar-refractivity contribution in [3.05, 3.63) is 96.4 Å². The van der Waals surface area contributed by atoms with E-state index in [2.05, 4.69) is 10.3 Å². The zero-order valence-electron chi connectivity index (χ0n) is 24.7. The van der Waals surface area contributed by atoms with Gasteiger partial charge in [0, 0.05) is 36.4 Å². The maximum Gasteiger partial charge on any atom is 0.254 e. The third-order valence-corrected chi connectivity index (χ3v) is 8.81. The number of carbonyl (C=O) groups is 1. The third kappa shape index (κ3) is 5.83. The minimum absolute atomic E-state index is 0.0938. The summed E-state index contributed by atoms with van der Waals surface area (Å²) in [4.78, 5) is 17.6. The number of aromatic nitrogens is 3. The van der Waals surface area contributed by atoms with Gasteiger partial charge in [-0.2, -0.15) is 0 Å². The molecule has 12 nitrogen and oxygen atoms in total. The van der Waals surface area contributed by atoms with E-state index >= 15 is 0 Å². The highest BCUT2D eigenvalue weighted by Gasteiger charge is 2.54. The summed E-state index contributed by atoms with van der Waals surface area (Å²) in [5.74, 6) is -0.722. The number of piperazine rings is 1. The predicted octanol–water partition coefficient (Wildman–Crippen LogP) is 2.28. The number of hydrogen-bond donors (Lipinski definition) is 3. The topological polar surface area (TPSA) is 143 Å². The average molecular weight is 632 g/mol. The number of anilines is 1. The average Bonchev–Trinajstić information content (AvgIpc) is 3.58. The van der Waals surface area contributed by atoms with E-state index in [0.717, 1.165) is 11.3 Å². The minimum Gasteiger partial charge on any atom is -0.508 e. The lowest BCUT2D eigenvalue weighted by Crippen LogP contribution is -2.65. The summed E-state index contributed by atoms with van der Waals surface area (Å²) in [7, 11) is 0. The molecule has 3 aliphatic heterocycles. The number of aliphatic hydroxyl groups excluding tert-OH is 2. The molecule has 3 N–H and O–H groups in total. The van der Waals surface area contributed by atoms with Crippen LogP contribution in [0.5, 0.6) is 5.75 Å². The first-order valence-corrected chi connectivity index (χ1v) is 15.2. The molecular formula is C33H34FN5O7. The lowest BCUT2D eigenvalue weighted by Gasteiger charge is -2.49. The number of fused-ring (bicyclic) bond motifs is 1. The Bertz CT molecular complexity index is 1660. The SMILES string of the molecule is O=C([C@@H]1O[C@@H]2COC(c3ccccc3)O[C@@H]2[C@H](n2cc(-c3cccc(F)c3)nn2)[C@H]1O)N1CCN(c2ccc(O)cc2)C(CO)C1. The van der Waals surface area contributed by atoms with Crippen LogP contribution in [0.3, 0.4) is 0 Å². The van der Waals surface area contributed by atoms with Gasteiger partial charge in [-0.05, 0) is 36.4 Å². The van der Waals surface area contributed by atoms with E-state index in [0.29, 0.717) is 24.3 Å². The van der Waals surface area contributed by atoms with E-state index < -0.39 is 54.5 Å². The standard InChI is InChI=1S/C33H34FN5O7/c34-22-8-4-7-21(15-22)26-17-39(36-35-26)28-29(42)31(45-27-19-44-33(46-30(27)28)20-5-2-1-3-6-20)32(43)37-13-14-38(24(16-37)18-40)23-9-11-25(41)12-10-23/h1-12,15,17,24,27-31,33,40-42H,13-14,16,18-19H2/t24?,27-,28-,29-,30+,31-,33?/m1/s1. The van der Waals surface area contributed by atoms with E-state index in [4.69, 9.17) is 14.2 Å². The number of rotatable bonds is 6. The van der Waals surface area contributed by atoms with Crippen molar-refractivity contribution >= 4 is 11.6 Å². The molecule has 0 saturated carbocycles. The van der Waals surface area contributed by atoms with E-state index in [1.807, 2.05) is 35.2 Å². The van der Waals surface area contributed by atoms with Gasteiger partial charge in [0.2, 0.25) is 0 Å². The van der Waals surface area contributed by atoms with Crippen LogP contribution < -0.4 is 4.90 Å². The van der Waals surface area contributed by atoms with Crippen molar-refractivity contribution in [2.24, 2.45) is 0 Å². The molecule has 4 heterocycles. The van der Waals surface area contributed by atoms with Crippen LogP contribution in [-0.4, -0.2) is 104 Å². The first-order chi connectivity index (χ1) is 22.4. The Kier molecular flexibility index (Phi) is 8.40. The Morgan fingerprint density at radius 1 is 1.00 bits per heavy atom. The fourth-order valence-electron chi connectivity index (χ4n) is 6.48. The highest BCUT2D eigenvalue weighted by molar-refractivity contribution is 5.82. The molecule has 0 bridgehead atoms. The van der Waals surface area contributed by atoms with E-state index in [1.165, 1.54) is 16.8 Å². The maximum absolute atomic E-state index is 14.1.